The van der Waals surface area contributed by atoms with E-state index >= 15 is 0 Å². The van der Waals surface area contributed by atoms with Crippen molar-refractivity contribution in [2.75, 3.05) is 19.5 Å². The fourth-order valence-corrected chi connectivity index (χ4v) is 1.43. The minimum absolute atomic E-state index is 0.510. The Kier molecular flexibility index (Phi) is 2.32. The average molecular weight is 192 g/mol. The third kappa shape index (κ3) is 1.42. The van der Waals surface area contributed by atoms with E-state index in [1.807, 2.05) is 16.8 Å². The molecule has 2 aromatic heterocycles. The maximum absolute atomic E-state index is 5.76. The van der Waals surface area contributed by atoms with E-state index in [0.717, 1.165) is 17.6 Å². The van der Waals surface area contributed by atoms with Crippen LogP contribution >= 0.6 is 0 Å². The summed E-state index contributed by atoms with van der Waals surface area (Å²) in [7, 11) is 1.67. The molecule has 2 rings (SSSR count). The Morgan fingerprint density at radius 1 is 1.50 bits per heavy atom. The van der Waals surface area contributed by atoms with Crippen molar-refractivity contribution in [3.05, 3.63) is 18.6 Å². The summed E-state index contributed by atoms with van der Waals surface area (Å²) in [5, 5.41) is 0. The van der Waals surface area contributed by atoms with E-state index in [2.05, 4.69) is 9.97 Å². The molecule has 0 spiro atoms. The van der Waals surface area contributed by atoms with E-state index in [-0.39, 0.29) is 0 Å². The first-order chi connectivity index (χ1) is 6.83. The van der Waals surface area contributed by atoms with Gasteiger partial charge in [-0.2, -0.15) is 0 Å². The average Bonchev–Trinajstić information content (AvgIpc) is 2.59. The molecule has 2 N–H and O–H groups in total. The highest BCUT2D eigenvalue weighted by Gasteiger charge is 2.05. The van der Waals surface area contributed by atoms with Crippen LogP contribution in [0.2, 0.25) is 0 Å². The lowest BCUT2D eigenvalue weighted by molar-refractivity contribution is 0.188. The summed E-state index contributed by atoms with van der Waals surface area (Å²) in [6.07, 6.45) is 3.41. The second-order valence-corrected chi connectivity index (χ2v) is 2.99. The van der Waals surface area contributed by atoms with E-state index < -0.39 is 0 Å². The van der Waals surface area contributed by atoms with Gasteiger partial charge in [-0.05, 0) is 6.07 Å². The molecule has 0 atom stereocenters. The number of ether oxygens (including phenoxy) is 1. The molecule has 5 nitrogen and oxygen atoms in total. The number of nitrogens with zero attached hydrogens (tertiary/aromatic N) is 3. The number of nitrogen functional groups attached to an aromatic ring is 1. The third-order valence-electron chi connectivity index (χ3n) is 2.11. The molecule has 0 saturated carbocycles. The largest absolute Gasteiger partial charge is 0.383 e. The van der Waals surface area contributed by atoms with Crippen molar-refractivity contribution < 1.29 is 4.74 Å². The van der Waals surface area contributed by atoms with Crippen LogP contribution in [0.15, 0.2) is 18.6 Å². The Bertz CT molecular complexity index is 437. The van der Waals surface area contributed by atoms with Crippen LogP contribution in [-0.4, -0.2) is 28.3 Å². The van der Waals surface area contributed by atoms with Gasteiger partial charge in [0.05, 0.1) is 12.1 Å². The second kappa shape index (κ2) is 3.63. The van der Waals surface area contributed by atoms with Crippen LogP contribution in [0.3, 0.4) is 0 Å². The Morgan fingerprint density at radius 3 is 3.14 bits per heavy atom. The molecule has 0 bridgehead atoms. The van der Waals surface area contributed by atoms with Gasteiger partial charge in [0.15, 0.2) is 5.82 Å². The second-order valence-electron chi connectivity index (χ2n) is 2.99. The molecule has 0 saturated heterocycles. The Morgan fingerprint density at radius 2 is 2.36 bits per heavy atom. The standard InChI is InChI=1S/C9H12N4O/c1-14-5-4-13-3-2-7-8(13)9(10)12-6-11-7/h2-3,6H,4-5H2,1H3,(H2,10,11,12). The first kappa shape index (κ1) is 8.96. The minimum Gasteiger partial charge on any atom is -0.383 e. The minimum atomic E-state index is 0.510. The van der Waals surface area contributed by atoms with E-state index in [4.69, 9.17) is 10.5 Å². The molecule has 0 amide bonds. The van der Waals surface area contributed by atoms with Crippen LogP contribution in [0.1, 0.15) is 0 Å². The van der Waals surface area contributed by atoms with Gasteiger partial charge in [0.2, 0.25) is 0 Å². The maximum Gasteiger partial charge on any atom is 0.151 e. The summed E-state index contributed by atoms with van der Waals surface area (Å²) in [4.78, 5) is 8.07. The van der Waals surface area contributed by atoms with Crippen LogP contribution in [0.25, 0.3) is 11.0 Å². The number of anilines is 1. The molecule has 2 heterocycles. The molecule has 0 aromatic carbocycles. The summed E-state index contributed by atoms with van der Waals surface area (Å²) in [6, 6.07) is 1.92. The Hall–Kier alpha value is -1.62. The van der Waals surface area contributed by atoms with Crippen molar-refractivity contribution in [1.82, 2.24) is 14.5 Å². The topological polar surface area (TPSA) is 66.0 Å². The summed E-state index contributed by atoms with van der Waals surface area (Å²) < 4.78 is 7.00. The zero-order chi connectivity index (χ0) is 9.97. The van der Waals surface area contributed by atoms with Crippen molar-refractivity contribution in [3.8, 4) is 0 Å². The predicted octanol–water partition coefficient (Wildman–Crippen LogP) is 0.660. The van der Waals surface area contributed by atoms with Crippen molar-refractivity contribution in [3.63, 3.8) is 0 Å². The van der Waals surface area contributed by atoms with Crippen LogP contribution in [-0.2, 0) is 11.3 Å². The first-order valence-corrected chi connectivity index (χ1v) is 4.37. The number of nitrogens with two attached hydrogens (primary N) is 1. The first-order valence-electron chi connectivity index (χ1n) is 4.37. The zero-order valence-corrected chi connectivity index (χ0v) is 7.97. The van der Waals surface area contributed by atoms with Gasteiger partial charge in [0, 0.05) is 19.9 Å². The number of methoxy groups -OCH3 is 1. The number of aromatic nitrogens is 3. The highest BCUT2D eigenvalue weighted by atomic mass is 16.5. The third-order valence-corrected chi connectivity index (χ3v) is 2.11. The normalized spacial score (nSPS) is 10.9. The smallest absolute Gasteiger partial charge is 0.151 e. The van der Waals surface area contributed by atoms with E-state index in [0.29, 0.717) is 12.4 Å². The number of hydrogen-bond acceptors (Lipinski definition) is 4. The fraction of sp³-hybridized carbons (Fsp3) is 0.333. The molecule has 0 aliphatic rings. The van der Waals surface area contributed by atoms with Crippen molar-refractivity contribution in [1.29, 1.82) is 0 Å². The van der Waals surface area contributed by atoms with Crippen molar-refractivity contribution >= 4 is 16.9 Å². The molecule has 0 aliphatic heterocycles. The van der Waals surface area contributed by atoms with Gasteiger partial charge in [-0.1, -0.05) is 0 Å². The molecule has 0 aliphatic carbocycles. The molecule has 0 radical (unpaired) electrons. The monoisotopic (exact) mass is 192 g/mol. The lowest BCUT2D eigenvalue weighted by atomic mass is 10.4. The molecule has 5 heteroatoms. The van der Waals surface area contributed by atoms with Gasteiger partial charge in [0.25, 0.3) is 0 Å². The van der Waals surface area contributed by atoms with Gasteiger partial charge in [0.1, 0.15) is 11.8 Å². The highest BCUT2D eigenvalue weighted by Crippen LogP contribution is 2.17. The van der Waals surface area contributed by atoms with E-state index in [1.165, 1.54) is 6.33 Å². The maximum atomic E-state index is 5.76. The Balaban J connectivity index is 2.45. The van der Waals surface area contributed by atoms with Crippen LogP contribution in [0.4, 0.5) is 5.82 Å². The van der Waals surface area contributed by atoms with E-state index in [9.17, 15) is 0 Å². The van der Waals surface area contributed by atoms with Gasteiger partial charge in [-0.25, -0.2) is 9.97 Å². The summed E-state index contributed by atoms with van der Waals surface area (Å²) in [6.45, 7) is 1.41. The van der Waals surface area contributed by atoms with Gasteiger partial charge >= 0.3 is 0 Å². The summed E-state index contributed by atoms with van der Waals surface area (Å²) in [5.41, 5.74) is 7.51. The predicted molar refractivity (Wildman–Crippen MR) is 53.8 cm³/mol. The van der Waals surface area contributed by atoms with Gasteiger partial charge < -0.3 is 15.0 Å². The SMILES string of the molecule is COCCn1ccc2ncnc(N)c21. The zero-order valence-electron chi connectivity index (χ0n) is 7.97. The number of rotatable bonds is 3. The lowest BCUT2D eigenvalue weighted by Gasteiger charge is -2.04. The molecule has 0 unspecified atom stereocenters. The molecule has 74 valence electrons. The van der Waals surface area contributed by atoms with Gasteiger partial charge in [-0.3, -0.25) is 0 Å². The fourth-order valence-electron chi connectivity index (χ4n) is 1.43. The molecule has 0 fully saturated rings. The Labute approximate surface area is 81.5 Å². The molecule has 14 heavy (non-hydrogen) atoms. The molecular formula is C9H12N4O. The van der Waals surface area contributed by atoms with Crippen molar-refractivity contribution in [2.24, 2.45) is 0 Å². The summed E-state index contributed by atoms with van der Waals surface area (Å²) in [5.74, 6) is 0.510. The lowest BCUT2D eigenvalue weighted by Crippen LogP contribution is -2.05. The van der Waals surface area contributed by atoms with Crippen molar-refractivity contribution in [2.45, 2.75) is 6.54 Å². The van der Waals surface area contributed by atoms with Gasteiger partial charge in [-0.15, -0.1) is 0 Å². The number of fused-ring (bicyclic) bond motifs is 1. The molecule has 2 aromatic rings. The highest BCUT2D eigenvalue weighted by molar-refractivity contribution is 5.84. The van der Waals surface area contributed by atoms with Crippen LogP contribution in [0, 0.1) is 0 Å². The quantitative estimate of drug-likeness (QED) is 0.775. The summed E-state index contributed by atoms with van der Waals surface area (Å²) >= 11 is 0. The van der Waals surface area contributed by atoms with E-state index in [1.54, 1.807) is 7.11 Å². The van der Waals surface area contributed by atoms with Crippen LogP contribution < -0.4 is 5.73 Å². The van der Waals surface area contributed by atoms with Crippen LogP contribution in [0.5, 0.6) is 0 Å². The number of hydrogen-bond donors (Lipinski definition) is 1. The molecular weight excluding hydrogens is 180 g/mol.